The minimum Gasteiger partial charge on any atom is -0.481 e. The van der Waals surface area contributed by atoms with Crippen molar-refractivity contribution in [2.24, 2.45) is 11.8 Å². The number of ether oxygens (including phenoxy) is 1. The van der Waals surface area contributed by atoms with Crippen molar-refractivity contribution >= 4 is 5.97 Å². The Hall–Kier alpha value is -0.870. The summed E-state index contributed by atoms with van der Waals surface area (Å²) in [6.45, 7) is 0.237. The summed E-state index contributed by atoms with van der Waals surface area (Å²) in [6, 6.07) is 0. The van der Waals surface area contributed by atoms with Gasteiger partial charge in [-0.2, -0.15) is 0 Å². The first-order valence-electron chi connectivity index (χ1n) is 6.85. The van der Waals surface area contributed by atoms with Crippen molar-refractivity contribution in [3.8, 4) is 0 Å². The summed E-state index contributed by atoms with van der Waals surface area (Å²) in [5.74, 6) is 0.0430. The molecule has 2 rings (SSSR count). The maximum absolute atomic E-state index is 10.3. The standard InChI is InChI=1S/C14H22O4/c15-9-11-10(12-7-8-13(11)18-12)5-3-1-2-4-6-14(16)17/h2,4,10-13,15H,1,3,5-9H2,(H,16,17)/t10-,11+,12-,13+/m0/s1. The second-order valence-corrected chi connectivity index (χ2v) is 5.30. The predicted molar refractivity (Wildman–Crippen MR) is 67.2 cm³/mol. The molecule has 0 aromatic heterocycles. The molecule has 2 bridgehead atoms. The number of aliphatic carboxylic acids is 1. The molecule has 0 saturated carbocycles. The van der Waals surface area contributed by atoms with E-state index in [4.69, 9.17) is 9.84 Å². The van der Waals surface area contributed by atoms with E-state index in [1.165, 1.54) is 0 Å². The van der Waals surface area contributed by atoms with Gasteiger partial charge in [-0.1, -0.05) is 12.2 Å². The molecule has 2 saturated heterocycles. The molecule has 2 aliphatic heterocycles. The van der Waals surface area contributed by atoms with Gasteiger partial charge >= 0.3 is 5.97 Å². The molecule has 0 radical (unpaired) electrons. The molecule has 18 heavy (non-hydrogen) atoms. The average molecular weight is 254 g/mol. The second-order valence-electron chi connectivity index (χ2n) is 5.30. The number of allylic oxidation sites excluding steroid dienone is 1. The van der Waals surface area contributed by atoms with Crippen LogP contribution < -0.4 is 0 Å². The maximum Gasteiger partial charge on any atom is 0.307 e. The van der Waals surface area contributed by atoms with Crippen LogP contribution in [0, 0.1) is 11.8 Å². The lowest BCUT2D eigenvalue weighted by Crippen LogP contribution is -2.29. The van der Waals surface area contributed by atoms with E-state index in [-0.39, 0.29) is 19.1 Å². The zero-order chi connectivity index (χ0) is 13.0. The minimum absolute atomic E-state index is 0.108. The zero-order valence-electron chi connectivity index (χ0n) is 10.6. The van der Waals surface area contributed by atoms with Gasteiger partial charge in [0.25, 0.3) is 0 Å². The molecule has 4 nitrogen and oxygen atoms in total. The molecule has 0 aromatic carbocycles. The fourth-order valence-corrected chi connectivity index (χ4v) is 3.30. The molecule has 0 aliphatic carbocycles. The minimum atomic E-state index is -0.784. The normalized spacial score (nSPS) is 34.5. The summed E-state index contributed by atoms with van der Waals surface area (Å²) in [5.41, 5.74) is 0. The summed E-state index contributed by atoms with van der Waals surface area (Å²) < 4.78 is 5.84. The third kappa shape index (κ3) is 3.12. The van der Waals surface area contributed by atoms with Crippen molar-refractivity contribution in [1.29, 1.82) is 0 Å². The summed E-state index contributed by atoms with van der Waals surface area (Å²) in [7, 11) is 0. The number of rotatable bonds is 7. The van der Waals surface area contributed by atoms with Crippen LogP contribution in [0.1, 0.15) is 38.5 Å². The Morgan fingerprint density at radius 2 is 1.94 bits per heavy atom. The fourth-order valence-electron chi connectivity index (χ4n) is 3.30. The molecule has 0 amide bonds. The van der Waals surface area contributed by atoms with Crippen molar-refractivity contribution in [3.05, 3.63) is 12.2 Å². The van der Waals surface area contributed by atoms with Crippen molar-refractivity contribution in [3.63, 3.8) is 0 Å². The summed E-state index contributed by atoms with van der Waals surface area (Å²) in [5, 5.41) is 17.9. The van der Waals surface area contributed by atoms with Gasteiger partial charge in [0.05, 0.1) is 18.6 Å². The van der Waals surface area contributed by atoms with E-state index in [0.29, 0.717) is 17.9 Å². The lowest BCUT2D eigenvalue weighted by Gasteiger charge is -2.26. The fraction of sp³-hybridized carbons (Fsp3) is 0.786. The number of carbonyl (C=O) groups is 1. The third-order valence-corrected chi connectivity index (χ3v) is 4.17. The molecule has 0 aromatic rings. The number of fused-ring (bicyclic) bond motifs is 2. The number of hydrogen-bond donors (Lipinski definition) is 2. The molecule has 0 unspecified atom stereocenters. The van der Waals surface area contributed by atoms with Gasteiger partial charge in [0.2, 0.25) is 0 Å². The van der Waals surface area contributed by atoms with Crippen LogP contribution >= 0.6 is 0 Å². The molecule has 0 spiro atoms. The number of carboxylic acids is 1. The summed E-state index contributed by atoms with van der Waals surface area (Å²) in [6.07, 6.45) is 9.68. The smallest absolute Gasteiger partial charge is 0.307 e. The van der Waals surface area contributed by atoms with Crippen LogP contribution in [0.2, 0.25) is 0 Å². The van der Waals surface area contributed by atoms with Gasteiger partial charge in [-0.15, -0.1) is 0 Å². The highest BCUT2D eigenvalue weighted by atomic mass is 16.5. The number of hydrogen-bond acceptors (Lipinski definition) is 3. The van der Waals surface area contributed by atoms with Gasteiger partial charge in [-0.25, -0.2) is 0 Å². The predicted octanol–water partition coefficient (Wildman–Crippen LogP) is 1.97. The molecule has 4 atom stereocenters. The van der Waals surface area contributed by atoms with Crippen LogP contribution in [0.3, 0.4) is 0 Å². The molecule has 2 heterocycles. The highest BCUT2D eigenvalue weighted by Crippen LogP contribution is 2.45. The largest absolute Gasteiger partial charge is 0.481 e. The van der Waals surface area contributed by atoms with Gasteiger partial charge in [0.1, 0.15) is 0 Å². The topological polar surface area (TPSA) is 66.8 Å². The van der Waals surface area contributed by atoms with Gasteiger partial charge < -0.3 is 14.9 Å². The van der Waals surface area contributed by atoms with E-state index in [9.17, 15) is 9.90 Å². The Morgan fingerprint density at radius 1 is 1.22 bits per heavy atom. The monoisotopic (exact) mass is 254 g/mol. The maximum atomic E-state index is 10.3. The highest BCUT2D eigenvalue weighted by molar-refractivity contribution is 5.68. The number of aliphatic hydroxyl groups is 1. The quantitative estimate of drug-likeness (QED) is 0.538. The third-order valence-electron chi connectivity index (χ3n) is 4.17. The molecular weight excluding hydrogens is 232 g/mol. The number of aliphatic hydroxyl groups excluding tert-OH is 1. The molecule has 4 heteroatoms. The van der Waals surface area contributed by atoms with Crippen LogP contribution in [-0.2, 0) is 9.53 Å². The van der Waals surface area contributed by atoms with E-state index in [2.05, 4.69) is 0 Å². The van der Waals surface area contributed by atoms with Crippen LogP contribution in [0.25, 0.3) is 0 Å². The lowest BCUT2D eigenvalue weighted by atomic mass is 9.77. The SMILES string of the molecule is O=C(O)CC=CCCC[C@H]1[C@@H](CO)[C@H]2CC[C@@H]1O2. The average Bonchev–Trinajstić information content (AvgIpc) is 2.93. The van der Waals surface area contributed by atoms with Crippen LogP contribution in [-0.4, -0.2) is 35.0 Å². The number of unbranched alkanes of at least 4 members (excludes halogenated alkanes) is 1. The Kier molecular flexibility index (Phi) is 4.78. The van der Waals surface area contributed by atoms with E-state index in [1.54, 1.807) is 6.08 Å². The highest BCUT2D eigenvalue weighted by Gasteiger charge is 2.47. The molecule has 102 valence electrons. The molecule has 2 N–H and O–H groups in total. The van der Waals surface area contributed by atoms with Gasteiger partial charge in [0.15, 0.2) is 0 Å². The first-order chi connectivity index (χ1) is 8.72. The van der Waals surface area contributed by atoms with Gasteiger partial charge in [0, 0.05) is 12.5 Å². The van der Waals surface area contributed by atoms with Gasteiger partial charge in [-0.3, -0.25) is 4.79 Å². The second kappa shape index (κ2) is 6.34. The zero-order valence-corrected chi connectivity index (χ0v) is 10.6. The van der Waals surface area contributed by atoms with E-state index in [1.807, 2.05) is 6.08 Å². The first kappa shape index (κ1) is 13.6. The first-order valence-corrected chi connectivity index (χ1v) is 6.85. The Labute approximate surface area is 108 Å². The lowest BCUT2D eigenvalue weighted by molar-refractivity contribution is -0.136. The summed E-state index contributed by atoms with van der Waals surface area (Å²) >= 11 is 0. The van der Waals surface area contributed by atoms with Crippen molar-refractivity contribution < 1.29 is 19.7 Å². The van der Waals surface area contributed by atoms with E-state index >= 15 is 0 Å². The van der Waals surface area contributed by atoms with E-state index in [0.717, 1.165) is 32.1 Å². The Balaban J connectivity index is 1.67. The molecular formula is C14H22O4. The van der Waals surface area contributed by atoms with Gasteiger partial charge in [-0.05, 0) is 38.0 Å². The van der Waals surface area contributed by atoms with Crippen LogP contribution in [0.4, 0.5) is 0 Å². The van der Waals surface area contributed by atoms with Crippen LogP contribution in [0.15, 0.2) is 12.2 Å². The number of carboxylic acid groups (broad SMARTS) is 1. The molecule has 2 fully saturated rings. The summed E-state index contributed by atoms with van der Waals surface area (Å²) in [4.78, 5) is 10.3. The van der Waals surface area contributed by atoms with E-state index < -0.39 is 5.97 Å². The Bertz CT molecular complexity index is 313. The van der Waals surface area contributed by atoms with Crippen LogP contribution in [0.5, 0.6) is 0 Å². The van der Waals surface area contributed by atoms with Crippen molar-refractivity contribution in [2.75, 3.05) is 6.61 Å². The van der Waals surface area contributed by atoms with Crippen molar-refractivity contribution in [2.45, 2.75) is 50.7 Å². The Morgan fingerprint density at radius 3 is 2.61 bits per heavy atom. The molecule has 2 aliphatic rings. The van der Waals surface area contributed by atoms with Crippen molar-refractivity contribution in [1.82, 2.24) is 0 Å².